The lowest BCUT2D eigenvalue weighted by atomic mass is 10.2. The fraction of sp³-hybridized carbons (Fsp3) is 0.727. The topological polar surface area (TPSA) is 66.7 Å². The van der Waals surface area contributed by atoms with Crippen molar-refractivity contribution in [2.24, 2.45) is 5.73 Å². The number of rotatable bonds is 7. The van der Waals surface area contributed by atoms with Gasteiger partial charge in [0.2, 0.25) is 0 Å². The number of nitrogens with two attached hydrogens (primary N) is 1. The van der Waals surface area contributed by atoms with Gasteiger partial charge in [-0.2, -0.15) is 5.10 Å². The van der Waals surface area contributed by atoms with Gasteiger partial charge in [-0.15, -0.1) is 0 Å². The summed E-state index contributed by atoms with van der Waals surface area (Å²) in [6.45, 7) is 5.89. The summed E-state index contributed by atoms with van der Waals surface area (Å²) in [5, 5.41) is 10.7. The Labute approximate surface area is 91.6 Å². The Balaban J connectivity index is 2.30. The van der Waals surface area contributed by atoms with Crippen molar-refractivity contribution in [3.05, 3.63) is 17.5 Å². The maximum absolute atomic E-state index is 5.48. The van der Waals surface area contributed by atoms with Gasteiger partial charge in [0.1, 0.15) is 0 Å². The molecule has 1 unspecified atom stereocenters. The molecule has 1 aromatic heterocycles. The average Bonchev–Trinajstić information content (AvgIpc) is 2.64. The lowest BCUT2D eigenvalue weighted by Crippen LogP contribution is -2.27. The molecule has 0 spiro atoms. The first kappa shape index (κ1) is 12.2. The van der Waals surface area contributed by atoms with Gasteiger partial charge < -0.3 is 11.1 Å². The molecule has 1 atom stereocenters. The highest BCUT2D eigenvalue weighted by molar-refractivity contribution is 5.08. The Hall–Kier alpha value is -0.870. The third kappa shape index (κ3) is 4.44. The van der Waals surface area contributed by atoms with Gasteiger partial charge in [0.05, 0.1) is 5.69 Å². The molecular formula is C11H22N4. The molecule has 1 aromatic rings. The minimum atomic E-state index is 0.466. The largest absolute Gasteiger partial charge is 0.330 e. The zero-order valence-electron chi connectivity index (χ0n) is 9.71. The van der Waals surface area contributed by atoms with Crippen molar-refractivity contribution in [1.82, 2.24) is 15.5 Å². The normalized spacial score (nSPS) is 13.0. The predicted octanol–water partition coefficient (Wildman–Crippen LogP) is 1.19. The van der Waals surface area contributed by atoms with Crippen LogP contribution in [0, 0.1) is 0 Å². The summed E-state index contributed by atoms with van der Waals surface area (Å²) < 4.78 is 0. The SMILES string of the molecule is CCCc1cc(CNC(C)CCN)[nH]n1. The van der Waals surface area contributed by atoms with Gasteiger partial charge in [-0.3, -0.25) is 5.10 Å². The molecule has 0 radical (unpaired) electrons. The van der Waals surface area contributed by atoms with E-state index >= 15 is 0 Å². The smallest absolute Gasteiger partial charge is 0.0625 e. The van der Waals surface area contributed by atoms with Crippen LogP contribution in [0.3, 0.4) is 0 Å². The maximum atomic E-state index is 5.48. The molecule has 0 aliphatic heterocycles. The van der Waals surface area contributed by atoms with Crippen molar-refractivity contribution < 1.29 is 0 Å². The van der Waals surface area contributed by atoms with Crippen LogP contribution < -0.4 is 11.1 Å². The molecule has 0 fully saturated rings. The molecule has 0 aromatic carbocycles. The Morgan fingerprint density at radius 3 is 3.07 bits per heavy atom. The highest BCUT2D eigenvalue weighted by Gasteiger charge is 2.02. The van der Waals surface area contributed by atoms with Crippen LogP contribution >= 0.6 is 0 Å². The van der Waals surface area contributed by atoms with Crippen molar-refractivity contribution in [2.45, 2.75) is 45.7 Å². The van der Waals surface area contributed by atoms with E-state index in [9.17, 15) is 0 Å². The molecule has 0 aliphatic carbocycles. The summed E-state index contributed by atoms with van der Waals surface area (Å²) in [7, 11) is 0. The molecule has 4 N–H and O–H groups in total. The molecule has 15 heavy (non-hydrogen) atoms. The predicted molar refractivity (Wildman–Crippen MR) is 62.6 cm³/mol. The van der Waals surface area contributed by atoms with E-state index in [1.165, 1.54) is 0 Å². The summed E-state index contributed by atoms with van der Waals surface area (Å²) in [6.07, 6.45) is 3.20. The second-order valence-corrected chi connectivity index (χ2v) is 3.99. The van der Waals surface area contributed by atoms with Crippen LogP contribution in [-0.4, -0.2) is 22.8 Å². The summed E-state index contributed by atoms with van der Waals surface area (Å²) in [4.78, 5) is 0. The van der Waals surface area contributed by atoms with Crippen LogP contribution in [0.2, 0.25) is 0 Å². The molecule has 0 aliphatic rings. The summed E-state index contributed by atoms with van der Waals surface area (Å²) >= 11 is 0. The van der Waals surface area contributed by atoms with E-state index in [1.807, 2.05) is 0 Å². The molecule has 4 nitrogen and oxygen atoms in total. The minimum Gasteiger partial charge on any atom is -0.330 e. The van der Waals surface area contributed by atoms with Gasteiger partial charge >= 0.3 is 0 Å². The molecule has 0 saturated carbocycles. The van der Waals surface area contributed by atoms with E-state index in [4.69, 9.17) is 5.73 Å². The summed E-state index contributed by atoms with van der Waals surface area (Å²) in [5.41, 5.74) is 7.79. The number of hydrogen-bond donors (Lipinski definition) is 3. The molecule has 1 rings (SSSR count). The summed E-state index contributed by atoms with van der Waals surface area (Å²) in [6, 6.07) is 2.60. The van der Waals surface area contributed by atoms with Crippen molar-refractivity contribution in [2.75, 3.05) is 6.54 Å². The number of H-pyrrole nitrogens is 1. The Morgan fingerprint density at radius 2 is 2.40 bits per heavy atom. The standard InChI is InChI=1S/C11H22N4/c1-3-4-10-7-11(15-14-10)8-13-9(2)5-6-12/h7,9,13H,3-6,8,12H2,1-2H3,(H,14,15). The Kier molecular flexibility index (Phi) is 5.36. The number of nitrogens with one attached hydrogen (secondary N) is 2. The first-order chi connectivity index (χ1) is 7.26. The van der Waals surface area contributed by atoms with Crippen LogP contribution in [0.15, 0.2) is 6.07 Å². The molecule has 0 amide bonds. The lowest BCUT2D eigenvalue weighted by Gasteiger charge is -2.10. The maximum Gasteiger partial charge on any atom is 0.0625 e. The van der Waals surface area contributed by atoms with Crippen LogP contribution in [0.25, 0.3) is 0 Å². The van der Waals surface area contributed by atoms with Crippen LogP contribution in [0.4, 0.5) is 0 Å². The van der Waals surface area contributed by atoms with E-state index in [2.05, 4.69) is 35.4 Å². The van der Waals surface area contributed by atoms with Crippen LogP contribution in [0.5, 0.6) is 0 Å². The quantitative estimate of drug-likeness (QED) is 0.633. The van der Waals surface area contributed by atoms with Gasteiger partial charge in [-0.1, -0.05) is 13.3 Å². The second-order valence-electron chi connectivity index (χ2n) is 3.99. The Bertz CT molecular complexity index is 269. The van der Waals surface area contributed by atoms with Gasteiger partial charge in [0.15, 0.2) is 0 Å². The fourth-order valence-electron chi connectivity index (χ4n) is 1.52. The zero-order valence-corrected chi connectivity index (χ0v) is 9.71. The van der Waals surface area contributed by atoms with Crippen molar-refractivity contribution >= 4 is 0 Å². The van der Waals surface area contributed by atoms with E-state index in [1.54, 1.807) is 0 Å². The van der Waals surface area contributed by atoms with E-state index in [-0.39, 0.29) is 0 Å². The van der Waals surface area contributed by atoms with E-state index in [0.717, 1.165) is 43.7 Å². The second kappa shape index (κ2) is 6.58. The van der Waals surface area contributed by atoms with Crippen LogP contribution in [0.1, 0.15) is 38.1 Å². The number of hydrogen-bond acceptors (Lipinski definition) is 3. The molecule has 0 saturated heterocycles. The molecule has 0 bridgehead atoms. The van der Waals surface area contributed by atoms with E-state index in [0.29, 0.717) is 6.04 Å². The van der Waals surface area contributed by atoms with Crippen molar-refractivity contribution in [1.29, 1.82) is 0 Å². The van der Waals surface area contributed by atoms with Gasteiger partial charge in [-0.05, 0) is 32.4 Å². The highest BCUT2D eigenvalue weighted by atomic mass is 15.1. The molecule has 1 heterocycles. The van der Waals surface area contributed by atoms with E-state index < -0.39 is 0 Å². The number of aromatic amines is 1. The monoisotopic (exact) mass is 210 g/mol. The molecule has 86 valence electrons. The molecule has 4 heteroatoms. The lowest BCUT2D eigenvalue weighted by molar-refractivity contribution is 0.515. The first-order valence-corrected chi connectivity index (χ1v) is 5.72. The highest BCUT2D eigenvalue weighted by Crippen LogP contribution is 2.02. The zero-order chi connectivity index (χ0) is 11.1. The van der Waals surface area contributed by atoms with Crippen molar-refractivity contribution in [3.63, 3.8) is 0 Å². The third-order valence-corrected chi connectivity index (χ3v) is 2.43. The average molecular weight is 210 g/mol. The summed E-state index contributed by atoms with van der Waals surface area (Å²) in [5.74, 6) is 0. The van der Waals surface area contributed by atoms with Gasteiger partial charge in [-0.25, -0.2) is 0 Å². The third-order valence-electron chi connectivity index (χ3n) is 2.43. The number of aryl methyl sites for hydroxylation is 1. The number of aromatic nitrogens is 2. The van der Waals surface area contributed by atoms with Crippen LogP contribution in [-0.2, 0) is 13.0 Å². The molecular weight excluding hydrogens is 188 g/mol. The van der Waals surface area contributed by atoms with Gasteiger partial charge in [0, 0.05) is 18.3 Å². The van der Waals surface area contributed by atoms with Crippen molar-refractivity contribution in [3.8, 4) is 0 Å². The minimum absolute atomic E-state index is 0.466. The fourth-order valence-corrected chi connectivity index (χ4v) is 1.52. The first-order valence-electron chi connectivity index (χ1n) is 5.72. The van der Waals surface area contributed by atoms with Gasteiger partial charge in [0.25, 0.3) is 0 Å². The Morgan fingerprint density at radius 1 is 1.60 bits per heavy atom. The number of nitrogens with zero attached hydrogens (tertiary/aromatic N) is 1.